The first-order chi connectivity index (χ1) is 12.4. The first kappa shape index (κ1) is 19.9. The van der Waals surface area contributed by atoms with Crippen molar-refractivity contribution >= 4 is 29.7 Å². The fraction of sp³-hybridized carbons (Fsp3) is 0.706. The predicted molar refractivity (Wildman–Crippen MR) is 90.8 cm³/mol. The number of hydrazine groups is 2. The number of hydrogen-bond acceptors (Lipinski definition) is 5. The van der Waals surface area contributed by atoms with Gasteiger partial charge in [-0.25, -0.2) is 4.79 Å². The van der Waals surface area contributed by atoms with Crippen LogP contribution in [-0.4, -0.2) is 62.8 Å². The van der Waals surface area contributed by atoms with Crippen molar-refractivity contribution < 1.29 is 24.0 Å². The minimum absolute atomic E-state index is 0.0389. The third kappa shape index (κ3) is 4.03. The first-order valence-corrected chi connectivity index (χ1v) is 9.22. The lowest BCUT2D eigenvalue weighted by Gasteiger charge is -2.38. The van der Waals surface area contributed by atoms with Gasteiger partial charge in [0.25, 0.3) is 23.6 Å². The quantitative estimate of drug-likeness (QED) is 0.605. The van der Waals surface area contributed by atoms with Crippen LogP contribution >= 0.6 is 0 Å². The molecule has 0 aliphatic carbocycles. The molecular weight excluding hydrogens is 340 g/mol. The largest absolute Gasteiger partial charge is 0.359 e. The molecule has 2 aliphatic rings. The number of nitrogens with zero attached hydrogens (tertiary/aromatic N) is 4. The highest BCUT2D eigenvalue weighted by Crippen LogP contribution is 2.24. The summed E-state index contributed by atoms with van der Waals surface area (Å²) in [5.74, 6) is -2.33. The third-order valence-electron chi connectivity index (χ3n) is 4.43. The Hall–Kier alpha value is -2.45. The number of rotatable bonds is 8. The number of hydrogen-bond donors (Lipinski definition) is 0. The van der Waals surface area contributed by atoms with Crippen LogP contribution in [0, 0.1) is 0 Å². The highest BCUT2D eigenvalue weighted by atomic mass is 16.3. The number of imide groups is 2. The number of carbonyl (C=O) groups is 5. The molecule has 0 saturated carbocycles. The van der Waals surface area contributed by atoms with Crippen molar-refractivity contribution in [2.75, 3.05) is 13.1 Å². The van der Waals surface area contributed by atoms with Gasteiger partial charge in [-0.05, 0) is 12.8 Å². The van der Waals surface area contributed by atoms with E-state index < -0.39 is 29.7 Å². The molecule has 0 aromatic rings. The molecular formula is C17H26N4O5. The molecule has 0 spiro atoms. The van der Waals surface area contributed by atoms with E-state index in [4.69, 9.17) is 0 Å². The summed E-state index contributed by atoms with van der Waals surface area (Å²) < 4.78 is 0. The van der Waals surface area contributed by atoms with Crippen molar-refractivity contribution in [3.8, 4) is 0 Å². The molecule has 0 N–H and O–H groups in total. The second kappa shape index (κ2) is 8.77. The van der Waals surface area contributed by atoms with E-state index in [0.29, 0.717) is 28.2 Å². The Balaban J connectivity index is 2.36. The summed E-state index contributed by atoms with van der Waals surface area (Å²) in [4.78, 5) is 63.5. The van der Waals surface area contributed by atoms with Gasteiger partial charge >= 0.3 is 6.03 Å². The highest BCUT2D eigenvalue weighted by molar-refractivity contribution is 6.06. The molecule has 0 atom stereocenters. The maximum atomic E-state index is 13.2. The fourth-order valence-electron chi connectivity index (χ4n) is 2.94. The summed E-state index contributed by atoms with van der Waals surface area (Å²) in [5, 5.41) is 2.00. The fourth-order valence-corrected chi connectivity index (χ4v) is 2.94. The van der Waals surface area contributed by atoms with Gasteiger partial charge in [0.1, 0.15) is 0 Å². The Bertz CT molecular complexity index is 530. The molecule has 2 rings (SSSR count). The van der Waals surface area contributed by atoms with Crippen molar-refractivity contribution in [2.45, 2.75) is 65.2 Å². The van der Waals surface area contributed by atoms with Crippen LogP contribution in [0.25, 0.3) is 0 Å². The molecule has 26 heavy (non-hydrogen) atoms. The molecule has 144 valence electrons. The van der Waals surface area contributed by atoms with Crippen LogP contribution in [0.15, 0.2) is 0 Å². The third-order valence-corrected chi connectivity index (χ3v) is 4.43. The van der Waals surface area contributed by atoms with Gasteiger partial charge in [0, 0.05) is 38.8 Å². The van der Waals surface area contributed by atoms with Crippen molar-refractivity contribution in [2.24, 2.45) is 0 Å². The van der Waals surface area contributed by atoms with E-state index in [2.05, 4.69) is 0 Å². The molecule has 0 radical (unpaired) electrons. The van der Waals surface area contributed by atoms with Gasteiger partial charge in [-0.2, -0.15) is 10.0 Å². The number of unbranched alkanes of at least 4 members (excludes halogenated alkanes) is 2. The van der Waals surface area contributed by atoms with E-state index in [1.165, 1.54) is 4.90 Å². The molecule has 2 fully saturated rings. The van der Waals surface area contributed by atoms with E-state index in [9.17, 15) is 24.0 Å². The second-order valence-electron chi connectivity index (χ2n) is 6.46. The lowest BCUT2D eigenvalue weighted by Crippen LogP contribution is -2.63. The highest BCUT2D eigenvalue weighted by Gasteiger charge is 2.47. The van der Waals surface area contributed by atoms with Gasteiger partial charge in [-0.15, -0.1) is 5.12 Å². The topological polar surface area (TPSA) is 98.3 Å². The van der Waals surface area contributed by atoms with Crippen LogP contribution in [-0.2, 0) is 19.2 Å². The predicted octanol–water partition coefficient (Wildman–Crippen LogP) is 1.44. The van der Waals surface area contributed by atoms with Crippen LogP contribution in [0.1, 0.15) is 65.2 Å². The van der Waals surface area contributed by atoms with Gasteiger partial charge < -0.3 is 4.90 Å². The van der Waals surface area contributed by atoms with E-state index in [1.807, 2.05) is 13.8 Å². The minimum atomic E-state index is -0.681. The standard InChI is InChI=1S/C17H26N4O5/c1-3-5-11-18(12-6-4-2)17(26)21(19-13(22)7-8-14(19)23)20-15(24)9-10-16(20)25/h3-12H2,1-2H3. The zero-order valence-electron chi connectivity index (χ0n) is 15.4. The van der Waals surface area contributed by atoms with Crippen LogP contribution in [0.5, 0.6) is 0 Å². The summed E-state index contributed by atoms with van der Waals surface area (Å²) >= 11 is 0. The van der Waals surface area contributed by atoms with Crippen molar-refractivity contribution in [3.63, 3.8) is 0 Å². The lowest BCUT2D eigenvalue weighted by atomic mass is 10.3. The summed E-state index contributed by atoms with van der Waals surface area (Å²) in [6.45, 7) is 4.83. The van der Waals surface area contributed by atoms with E-state index in [1.54, 1.807) is 0 Å². The maximum Gasteiger partial charge on any atom is 0.359 e. The second-order valence-corrected chi connectivity index (χ2v) is 6.46. The molecule has 0 unspecified atom stereocenters. The number of carbonyl (C=O) groups excluding carboxylic acids is 5. The number of amides is 6. The summed E-state index contributed by atoms with van der Waals surface area (Å²) in [6, 6.07) is -0.681. The molecule has 9 heteroatoms. The van der Waals surface area contributed by atoms with Crippen LogP contribution < -0.4 is 0 Å². The molecule has 2 heterocycles. The van der Waals surface area contributed by atoms with Crippen molar-refractivity contribution in [1.82, 2.24) is 20.0 Å². The normalized spacial score (nSPS) is 17.5. The summed E-state index contributed by atoms with van der Waals surface area (Å²) in [6.07, 6.45) is 3.05. The van der Waals surface area contributed by atoms with Gasteiger partial charge in [0.05, 0.1) is 0 Å². The van der Waals surface area contributed by atoms with E-state index >= 15 is 0 Å². The smallest absolute Gasteiger partial charge is 0.322 e. The Morgan fingerprint density at radius 2 is 1.12 bits per heavy atom. The van der Waals surface area contributed by atoms with Crippen LogP contribution in [0.4, 0.5) is 4.79 Å². The monoisotopic (exact) mass is 366 g/mol. The first-order valence-electron chi connectivity index (χ1n) is 9.22. The molecule has 0 aromatic heterocycles. The van der Waals surface area contributed by atoms with Gasteiger partial charge in [0.2, 0.25) is 0 Å². The Kier molecular flexibility index (Phi) is 6.70. The molecule has 0 aromatic carbocycles. The van der Waals surface area contributed by atoms with Crippen LogP contribution in [0.2, 0.25) is 0 Å². The Labute approximate surface area is 152 Å². The average molecular weight is 366 g/mol. The van der Waals surface area contributed by atoms with Crippen LogP contribution in [0.3, 0.4) is 0 Å². The van der Waals surface area contributed by atoms with Crippen molar-refractivity contribution in [1.29, 1.82) is 0 Å². The zero-order chi connectivity index (χ0) is 19.3. The van der Waals surface area contributed by atoms with E-state index in [0.717, 1.165) is 25.7 Å². The van der Waals surface area contributed by atoms with Gasteiger partial charge in [-0.3, -0.25) is 19.2 Å². The lowest BCUT2D eigenvalue weighted by molar-refractivity contribution is -0.186. The molecule has 0 bridgehead atoms. The summed E-state index contributed by atoms with van der Waals surface area (Å²) in [7, 11) is 0. The van der Waals surface area contributed by atoms with E-state index in [-0.39, 0.29) is 25.7 Å². The zero-order valence-corrected chi connectivity index (χ0v) is 15.4. The maximum absolute atomic E-state index is 13.2. The van der Waals surface area contributed by atoms with Crippen molar-refractivity contribution in [3.05, 3.63) is 0 Å². The molecule has 2 aliphatic heterocycles. The Morgan fingerprint density at radius 3 is 1.42 bits per heavy atom. The molecule has 2 saturated heterocycles. The average Bonchev–Trinajstić information content (AvgIpc) is 3.12. The number of urea groups is 1. The molecule has 9 nitrogen and oxygen atoms in total. The molecule has 6 amide bonds. The Morgan fingerprint density at radius 1 is 0.769 bits per heavy atom. The van der Waals surface area contributed by atoms with Gasteiger partial charge in [-0.1, -0.05) is 26.7 Å². The SMILES string of the molecule is CCCCN(CCCC)C(=O)N(N1C(=O)CCC1=O)N1C(=O)CCC1=O. The minimum Gasteiger partial charge on any atom is -0.322 e. The van der Waals surface area contributed by atoms with Gasteiger partial charge in [0.15, 0.2) is 0 Å². The summed E-state index contributed by atoms with van der Waals surface area (Å²) in [5.41, 5.74) is 0.